The van der Waals surface area contributed by atoms with Crippen molar-refractivity contribution in [2.24, 2.45) is 4.99 Å². The lowest BCUT2D eigenvalue weighted by molar-refractivity contribution is -0.132. The predicted molar refractivity (Wildman–Crippen MR) is 64.9 cm³/mol. The van der Waals surface area contributed by atoms with Crippen LogP contribution in [0.3, 0.4) is 0 Å². The fraction of sp³-hybridized carbons (Fsp3) is 0.154. The van der Waals surface area contributed by atoms with Crippen LogP contribution in [0.1, 0.15) is 19.4 Å². The average Bonchev–Trinajstić information content (AvgIpc) is 2.59. The van der Waals surface area contributed by atoms with E-state index < -0.39 is 5.97 Å². The van der Waals surface area contributed by atoms with Gasteiger partial charge in [0.1, 0.15) is 5.75 Å². The number of esters is 2. The Morgan fingerprint density at radius 2 is 2.00 bits per heavy atom. The van der Waals surface area contributed by atoms with E-state index in [9.17, 15) is 9.59 Å². The van der Waals surface area contributed by atoms with Gasteiger partial charge in [0.25, 0.3) is 0 Å². The minimum absolute atomic E-state index is 0.257. The minimum atomic E-state index is -0.462. The molecule has 0 fully saturated rings. The van der Waals surface area contributed by atoms with Crippen LogP contribution in [-0.4, -0.2) is 17.8 Å². The molecule has 1 heterocycles. The number of ether oxygens (including phenoxy) is 2. The van der Waals surface area contributed by atoms with Crippen molar-refractivity contribution in [2.45, 2.75) is 13.8 Å². The largest absolute Gasteiger partial charge is 0.427 e. The number of carbonyl (C=O) groups excluding carboxylic acids is 2. The maximum atomic E-state index is 11.3. The van der Waals surface area contributed by atoms with E-state index in [1.807, 2.05) is 0 Å². The predicted octanol–water partition coefficient (Wildman–Crippen LogP) is 1.93. The smallest absolute Gasteiger partial charge is 0.363 e. The highest BCUT2D eigenvalue weighted by molar-refractivity contribution is 6.06. The van der Waals surface area contributed by atoms with Crippen LogP contribution in [0.15, 0.2) is 35.0 Å². The summed E-state index contributed by atoms with van der Waals surface area (Å²) in [6.45, 7) is 2.95. The fourth-order valence-electron chi connectivity index (χ4n) is 1.47. The molecule has 0 aromatic heterocycles. The molecule has 2 rings (SSSR count). The zero-order valence-corrected chi connectivity index (χ0v) is 9.97. The molecule has 0 spiro atoms. The topological polar surface area (TPSA) is 65.0 Å². The second-order valence-electron chi connectivity index (χ2n) is 3.71. The molecule has 0 N–H and O–H groups in total. The van der Waals surface area contributed by atoms with E-state index in [1.165, 1.54) is 6.92 Å². The van der Waals surface area contributed by atoms with Crippen molar-refractivity contribution in [1.29, 1.82) is 0 Å². The van der Waals surface area contributed by atoms with Gasteiger partial charge in [0.2, 0.25) is 0 Å². The van der Waals surface area contributed by atoms with Gasteiger partial charge < -0.3 is 9.47 Å². The molecule has 18 heavy (non-hydrogen) atoms. The maximum Gasteiger partial charge on any atom is 0.363 e. The molecule has 5 nitrogen and oxygen atoms in total. The third-order valence-corrected chi connectivity index (χ3v) is 2.17. The highest BCUT2D eigenvalue weighted by Gasteiger charge is 2.19. The van der Waals surface area contributed by atoms with Crippen molar-refractivity contribution >= 4 is 23.9 Å². The van der Waals surface area contributed by atoms with Crippen LogP contribution in [0.2, 0.25) is 0 Å². The number of aliphatic imine (C=N–C) groups is 1. The number of nitrogens with zero attached hydrogens (tertiary/aromatic N) is 1. The Morgan fingerprint density at radius 1 is 1.33 bits per heavy atom. The van der Waals surface area contributed by atoms with Crippen molar-refractivity contribution in [1.82, 2.24) is 0 Å². The van der Waals surface area contributed by atoms with Crippen LogP contribution < -0.4 is 4.74 Å². The van der Waals surface area contributed by atoms with E-state index in [4.69, 9.17) is 9.47 Å². The van der Waals surface area contributed by atoms with Gasteiger partial charge in [0.05, 0.1) is 0 Å². The molecule has 0 amide bonds. The molecule has 0 saturated carbocycles. The molecule has 0 atom stereocenters. The minimum Gasteiger partial charge on any atom is -0.427 e. The molecule has 1 aromatic carbocycles. The molecule has 5 heteroatoms. The summed E-state index contributed by atoms with van der Waals surface area (Å²) in [5.74, 6) is -0.0432. The van der Waals surface area contributed by atoms with Gasteiger partial charge in [-0.3, -0.25) is 4.79 Å². The van der Waals surface area contributed by atoms with E-state index in [-0.39, 0.29) is 11.7 Å². The quantitative estimate of drug-likeness (QED) is 0.453. The average molecular weight is 245 g/mol. The molecule has 0 radical (unpaired) electrons. The normalized spacial score (nSPS) is 16.4. The fourth-order valence-corrected chi connectivity index (χ4v) is 1.47. The molecule has 92 valence electrons. The molecule has 0 unspecified atom stereocenters. The highest BCUT2D eigenvalue weighted by atomic mass is 16.6. The molecule has 1 aromatic rings. The number of hydrogen-bond acceptors (Lipinski definition) is 5. The van der Waals surface area contributed by atoms with Crippen LogP contribution in [0.5, 0.6) is 5.75 Å². The Kier molecular flexibility index (Phi) is 3.23. The van der Waals surface area contributed by atoms with Gasteiger partial charge in [-0.25, -0.2) is 9.79 Å². The molecule has 1 aliphatic heterocycles. The van der Waals surface area contributed by atoms with Crippen molar-refractivity contribution < 1.29 is 19.1 Å². The van der Waals surface area contributed by atoms with Crippen molar-refractivity contribution in [2.75, 3.05) is 0 Å². The van der Waals surface area contributed by atoms with Crippen LogP contribution in [0, 0.1) is 0 Å². The van der Waals surface area contributed by atoms with Gasteiger partial charge in [-0.15, -0.1) is 0 Å². The van der Waals surface area contributed by atoms with Gasteiger partial charge >= 0.3 is 11.9 Å². The van der Waals surface area contributed by atoms with E-state index in [0.717, 1.165) is 5.56 Å². The van der Waals surface area contributed by atoms with E-state index in [0.29, 0.717) is 11.6 Å². The van der Waals surface area contributed by atoms with Gasteiger partial charge in [-0.1, -0.05) is 12.1 Å². The summed E-state index contributed by atoms with van der Waals surface area (Å²) in [7, 11) is 0. The van der Waals surface area contributed by atoms with E-state index >= 15 is 0 Å². The Bertz CT molecular complexity index is 555. The van der Waals surface area contributed by atoms with Gasteiger partial charge in [0.15, 0.2) is 11.6 Å². The van der Waals surface area contributed by atoms with Crippen molar-refractivity contribution in [3.8, 4) is 5.75 Å². The standard InChI is InChI=1S/C13H11NO4/c1-8-14-12(13(16)17-8)7-10-3-5-11(6-4-10)18-9(2)15/h3-7H,1-2H3. The maximum absolute atomic E-state index is 11.3. The zero-order chi connectivity index (χ0) is 13.1. The molecular formula is C13H11NO4. The van der Waals surface area contributed by atoms with Crippen LogP contribution in [-0.2, 0) is 14.3 Å². The summed E-state index contributed by atoms with van der Waals surface area (Å²) in [6.07, 6.45) is 1.61. The molecule has 0 bridgehead atoms. The second kappa shape index (κ2) is 4.83. The van der Waals surface area contributed by atoms with E-state index in [1.54, 1.807) is 37.3 Å². The Balaban J connectivity index is 2.18. The Hall–Kier alpha value is -2.43. The summed E-state index contributed by atoms with van der Waals surface area (Å²) < 4.78 is 9.69. The number of hydrogen-bond donors (Lipinski definition) is 0. The van der Waals surface area contributed by atoms with Crippen molar-refractivity contribution in [3.63, 3.8) is 0 Å². The number of rotatable bonds is 2. The summed E-state index contributed by atoms with van der Waals surface area (Å²) in [5.41, 5.74) is 1.03. The summed E-state index contributed by atoms with van der Waals surface area (Å²) >= 11 is 0. The third kappa shape index (κ3) is 2.82. The first-order valence-corrected chi connectivity index (χ1v) is 5.32. The lowest BCUT2D eigenvalue weighted by Gasteiger charge is -2.00. The molecule has 1 aliphatic rings. The molecular weight excluding hydrogens is 234 g/mol. The van der Waals surface area contributed by atoms with Crippen LogP contribution >= 0.6 is 0 Å². The summed E-state index contributed by atoms with van der Waals surface area (Å²) in [4.78, 5) is 26.0. The number of benzene rings is 1. The highest BCUT2D eigenvalue weighted by Crippen LogP contribution is 2.18. The first-order chi connectivity index (χ1) is 8.54. The monoisotopic (exact) mass is 245 g/mol. The van der Waals surface area contributed by atoms with Gasteiger partial charge in [-0.05, 0) is 23.8 Å². The second-order valence-corrected chi connectivity index (χ2v) is 3.71. The van der Waals surface area contributed by atoms with Crippen LogP contribution in [0.4, 0.5) is 0 Å². The third-order valence-electron chi connectivity index (χ3n) is 2.17. The Morgan fingerprint density at radius 3 is 2.50 bits per heavy atom. The first-order valence-electron chi connectivity index (χ1n) is 5.32. The molecule has 0 saturated heterocycles. The number of carbonyl (C=O) groups is 2. The first kappa shape index (κ1) is 12.0. The van der Waals surface area contributed by atoms with Gasteiger partial charge in [-0.2, -0.15) is 0 Å². The summed E-state index contributed by atoms with van der Waals surface area (Å²) in [5, 5.41) is 0. The van der Waals surface area contributed by atoms with Crippen LogP contribution in [0.25, 0.3) is 6.08 Å². The number of cyclic esters (lactones) is 1. The lowest BCUT2D eigenvalue weighted by Crippen LogP contribution is -2.01. The SMILES string of the molecule is CC(=O)Oc1ccc(C=C2N=C(C)OC2=O)cc1. The summed E-state index contributed by atoms with van der Waals surface area (Å²) in [6, 6.07) is 6.73. The van der Waals surface area contributed by atoms with E-state index in [2.05, 4.69) is 4.99 Å². The Labute approximate surface area is 104 Å². The van der Waals surface area contributed by atoms with Gasteiger partial charge in [0, 0.05) is 13.8 Å². The zero-order valence-electron chi connectivity index (χ0n) is 9.97. The van der Waals surface area contributed by atoms with Crippen molar-refractivity contribution in [3.05, 3.63) is 35.5 Å². The molecule has 0 aliphatic carbocycles. The lowest BCUT2D eigenvalue weighted by atomic mass is 10.2.